The van der Waals surface area contributed by atoms with Crippen molar-refractivity contribution in [1.82, 2.24) is 5.32 Å². The highest BCUT2D eigenvalue weighted by Crippen LogP contribution is 2.36. The highest BCUT2D eigenvalue weighted by molar-refractivity contribution is 6.21. The summed E-state index contributed by atoms with van der Waals surface area (Å²) < 4.78 is 9.18. The summed E-state index contributed by atoms with van der Waals surface area (Å²) in [7, 11) is 0. The van der Waals surface area contributed by atoms with Crippen molar-refractivity contribution in [1.29, 1.82) is 0 Å². The van der Waals surface area contributed by atoms with Gasteiger partial charge in [-0.25, -0.2) is 0 Å². The van der Waals surface area contributed by atoms with Crippen molar-refractivity contribution in [3.05, 3.63) is 29.8 Å². The largest absolute Gasteiger partial charge is 0.494 e. The van der Waals surface area contributed by atoms with Crippen LogP contribution in [0, 0.1) is 0 Å². The van der Waals surface area contributed by atoms with Crippen molar-refractivity contribution < 1.29 is 9.53 Å². The van der Waals surface area contributed by atoms with Gasteiger partial charge in [0.25, 0.3) is 5.91 Å². The summed E-state index contributed by atoms with van der Waals surface area (Å²) in [6.07, 6.45) is 7.57. The Morgan fingerprint density at radius 1 is 1.25 bits per heavy atom. The molecular formula is C18H26ClN3O2. The van der Waals surface area contributed by atoms with Crippen LogP contribution in [0.5, 0.6) is 5.75 Å². The lowest BCUT2D eigenvalue weighted by Gasteiger charge is -2.16. The molecule has 0 bridgehead atoms. The van der Waals surface area contributed by atoms with Crippen LogP contribution >= 0.6 is 11.8 Å². The zero-order valence-electron chi connectivity index (χ0n) is 14.2. The number of nitrogens with zero attached hydrogens (tertiary/aromatic N) is 1. The van der Waals surface area contributed by atoms with E-state index in [1.807, 2.05) is 12.1 Å². The first-order valence-electron chi connectivity index (χ1n) is 8.61. The summed E-state index contributed by atoms with van der Waals surface area (Å²) in [5.41, 5.74) is 5.75. The van der Waals surface area contributed by atoms with Crippen LogP contribution in [0.2, 0.25) is 0 Å². The zero-order valence-corrected chi connectivity index (χ0v) is 14.9. The molecule has 24 heavy (non-hydrogen) atoms. The second-order valence-electron chi connectivity index (χ2n) is 6.29. The minimum absolute atomic E-state index is 0.179. The first kappa shape index (κ1) is 18.6. The third-order valence-electron chi connectivity index (χ3n) is 4.32. The molecule has 1 aromatic carbocycles. The van der Waals surface area contributed by atoms with Crippen LogP contribution in [0.4, 0.5) is 0 Å². The summed E-state index contributed by atoms with van der Waals surface area (Å²) in [4.78, 5) is 12.3. The van der Waals surface area contributed by atoms with Gasteiger partial charge in [0.15, 0.2) is 0 Å². The van der Waals surface area contributed by atoms with Crippen LogP contribution < -0.4 is 15.8 Å². The van der Waals surface area contributed by atoms with Crippen molar-refractivity contribution in [3.63, 3.8) is 0 Å². The molecule has 1 aliphatic carbocycles. The number of halogens is 1. The second-order valence-corrected chi connectivity index (χ2v) is 6.46. The highest BCUT2D eigenvalue weighted by Gasteiger charge is 2.48. The van der Waals surface area contributed by atoms with Crippen molar-refractivity contribution in [3.8, 4) is 5.75 Å². The zero-order chi connectivity index (χ0) is 17.4. The summed E-state index contributed by atoms with van der Waals surface area (Å²) >= 11 is 5.41. The van der Waals surface area contributed by atoms with Gasteiger partial charge in [0.2, 0.25) is 0 Å². The number of nitrogens with one attached hydrogen (secondary N) is 1. The first-order valence-corrected chi connectivity index (χ1v) is 8.95. The number of benzene rings is 1. The van der Waals surface area contributed by atoms with E-state index in [1.54, 1.807) is 12.1 Å². The Hall–Kier alpha value is -1.75. The Balaban J connectivity index is 1.78. The summed E-state index contributed by atoms with van der Waals surface area (Å²) in [6.45, 7) is 2.91. The predicted octanol–water partition coefficient (Wildman–Crippen LogP) is 3.81. The third-order valence-corrected chi connectivity index (χ3v) is 4.50. The van der Waals surface area contributed by atoms with Crippen molar-refractivity contribution in [2.24, 2.45) is 10.2 Å². The van der Waals surface area contributed by atoms with Gasteiger partial charge < -0.3 is 15.8 Å². The lowest BCUT2D eigenvalue weighted by atomic mass is 10.1. The van der Waals surface area contributed by atoms with Crippen LogP contribution in [-0.4, -0.2) is 23.9 Å². The van der Waals surface area contributed by atoms with E-state index in [0.29, 0.717) is 12.2 Å². The Morgan fingerprint density at radius 2 is 1.92 bits per heavy atom. The molecule has 0 aromatic heterocycles. The van der Waals surface area contributed by atoms with Crippen LogP contribution in [0.3, 0.4) is 0 Å². The van der Waals surface area contributed by atoms with E-state index in [1.165, 1.54) is 25.7 Å². The van der Waals surface area contributed by atoms with E-state index in [4.69, 9.17) is 22.2 Å². The Labute approximate surface area is 148 Å². The molecule has 3 N–H and O–H groups in total. The van der Waals surface area contributed by atoms with Gasteiger partial charge in [-0.3, -0.25) is 4.79 Å². The molecule has 0 atom stereocenters. The maximum absolute atomic E-state index is 12.3. The van der Waals surface area contributed by atoms with Crippen LogP contribution in [0.15, 0.2) is 28.8 Å². The molecule has 132 valence electrons. The first-order chi connectivity index (χ1) is 11.6. The fraction of sp³-hybridized carbons (Fsp3) is 0.556. The molecule has 6 heteroatoms. The number of amidine groups is 1. The number of hydrogen-bond acceptors (Lipinski definition) is 3. The number of ether oxygens (including phenoxy) is 1. The Kier molecular flexibility index (Phi) is 6.91. The van der Waals surface area contributed by atoms with Gasteiger partial charge in [0.1, 0.15) is 11.6 Å². The standard InChI is InChI=1S/C18H26ClN3O2/c1-2-3-4-5-6-13-24-15-9-7-14(8-10-15)16(23)21-18(11-12-18)17(20)22-19/h7-10H,2-6,11-13H2,1H3,(H2,20,22)(H,21,23). The lowest BCUT2D eigenvalue weighted by molar-refractivity contribution is 0.0943. The molecule has 1 saturated carbocycles. The van der Waals surface area contributed by atoms with Gasteiger partial charge >= 0.3 is 0 Å². The summed E-state index contributed by atoms with van der Waals surface area (Å²) in [5, 5.41) is 2.91. The minimum Gasteiger partial charge on any atom is -0.494 e. The SMILES string of the molecule is CCCCCCCOc1ccc(C(=O)NC2(/C(N)=N/Cl)CC2)cc1. The molecule has 1 aliphatic rings. The van der Waals surface area contributed by atoms with Crippen molar-refractivity contribution >= 4 is 23.5 Å². The van der Waals surface area contributed by atoms with Crippen LogP contribution in [0.1, 0.15) is 62.2 Å². The number of carbonyl (C=O) groups excluding carboxylic acids is 1. The van der Waals surface area contributed by atoms with Gasteiger partial charge in [-0.15, -0.1) is 0 Å². The average molecular weight is 352 g/mol. The van der Waals surface area contributed by atoms with Gasteiger partial charge in [-0.1, -0.05) is 32.6 Å². The third kappa shape index (κ3) is 5.13. The topological polar surface area (TPSA) is 76.7 Å². The molecule has 0 heterocycles. The van der Waals surface area contributed by atoms with E-state index >= 15 is 0 Å². The predicted molar refractivity (Wildman–Crippen MR) is 97.6 cm³/mol. The molecule has 0 unspecified atom stereocenters. The molecule has 0 saturated heterocycles. The molecule has 1 aromatic rings. The molecule has 1 amide bonds. The van der Waals surface area contributed by atoms with Crippen LogP contribution in [-0.2, 0) is 0 Å². The van der Waals surface area contributed by atoms with E-state index in [2.05, 4.69) is 16.8 Å². The van der Waals surface area contributed by atoms with Crippen molar-refractivity contribution in [2.45, 2.75) is 57.4 Å². The van der Waals surface area contributed by atoms with Gasteiger partial charge in [0.05, 0.1) is 12.1 Å². The monoisotopic (exact) mass is 351 g/mol. The van der Waals surface area contributed by atoms with Crippen LogP contribution in [0.25, 0.3) is 0 Å². The molecule has 5 nitrogen and oxygen atoms in total. The lowest BCUT2D eigenvalue weighted by Crippen LogP contribution is -2.46. The number of nitrogens with two attached hydrogens (primary N) is 1. The smallest absolute Gasteiger partial charge is 0.252 e. The normalized spacial score (nSPS) is 15.8. The van der Waals surface area contributed by atoms with E-state index in [-0.39, 0.29) is 11.7 Å². The highest BCUT2D eigenvalue weighted by atomic mass is 35.5. The molecular weight excluding hydrogens is 326 g/mol. The van der Waals surface area contributed by atoms with E-state index in [9.17, 15) is 4.79 Å². The number of hydrogen-bond donors (Lipinski definition) is 2. The number of amides is 1. The van der Waals surface area contributed by atoms with E-state index < -0.39 is 5.54 Å². The molecule has 0 radical (unpaired) electrons. The summed E-state index contributed by atoms with van der Waals surface area (Å²) in [5.74, 6) is 0.868. The number of unbranched alkanes of at least 4 members (excludes halogenated alkanes) is 4. The second kappa shape index (κ2) is 8.92. The Morgan fingerprint density at radius 3 is 2.50 bits per heavy atom. The number of rotatable bonds is 10. The van der Waals surface area contributed by atoms with Gasteiger partial charge in [-0.2, -0.15) is 4.51 Å². The van der Waals surface area contributed by atoms with Gasteiger partial charge in [-0.05, 0) is 43.5 Å². The minimum atomic E-state index is -0.563. The quantitative estimate of drug-likeness (QED) is 0.382. The maximum Gasteiger partial charge on any atom is 0.252 e. The maximum atomic E-state index is 12.3. The number of carbonyl (C=O) groups is 1. The molecule has 1 fully saturated rings. The van der Waals surface area contributed by atoms with Crippen molar-refractivity contribution in [2.75, 3.05) is 6.61 Å². The summed E-state index contributed by atoms with van der Waals surface area (Å²) in [6, 6.07) is 7.15. The van der Waals surface area contributed by atoms with E-state index in [0.717, 1.165) is 25.0 Å². The molecule has 2 rings (SSSR count). The fourth-order valence-electron chi connectivity index (χ4n) is 2.54. The Bertz CT molecular complexity index is 568. The average Bonchev–Trinajstić information content (AvgIpc) is 3.38. The van der Waals surface area contributed by atoms with Gasteiger partial charge in [0, 0.05) is 17.3 Å². The molecule has 0 aliphatic heterocycles. The molecule has 0 spiro atoms. The fourth-order valence-corrected chi connectivity index (χ4v) is 2.70.